The molecular formula is C13H7F2NO4. The van der Waals surface area contributed by atoms with Gasteiger partial charge in [-0.15, -0.1) is 0 Å². The highest BCUT2D eigenvalue weighted by Gasteiger charge is 2.19. The lowest BCUT2D eigenvalue weighted by Crippen LogP contribution is -2.02. The molecule has 0 amide bonds. The van der Waals surface area contributed by atoms with Gasteiger partial charge in [0.2, 0.25) is 0 Å². The maximum atomic E-state index is 13.7. The minimum absolute atomic E-state index is 0.125. The Bertz CT molecular complexity index is 716. The quantitative estimate of drug-likeness (QED) is 0.690. The maximum Gasteiger partial charge on any atom is 0.336 e. The molecule has 0 saturated heterocycles. The molecule has 5 nitrogen and oxygen atoms in total. The molecule has 2 aromatic carbocycles. The van der Waals surface area contributed by atoms with Crippen molar-refractivity contribution in [3.05, 3.63) is 63.7 Å². The van der Waals surface area contributed by atoms with Gasteiger partial charge in [-0.2, -0.15) is 0 Å². The van der Waals surface area contributed by atoms with E-state index >= 15 is 0 Å². The number of carboxylic acid groups (broad SMARTS) is 1. The number of nitro benzene ring substituents is 1. The maximum absolute atomic E-state index is 13.7. The van der Waals surface area contributed by atoms with Crippen LogP contribution in [0.2, 0.25) is 0 Å². The average molecular weight is 279 g/mol. The highest BCUT2D eigenvalue weighted by Crippen LogP contribution is 2.30. The number of nitrogens with zero attached hydrogens (tertiary/aromatic N) is 1. The van der Waals surface area contributed by atoms with Gasteiger partial charge in [-0.1, -0.05) is 0 Å². The zero-order valence-corrected chi connectivity index (χ0v) is 9.84. The van der Waals surface area contributed by atoms with Crippen LogP contribution in [0.15, 0.2) is 36.4 Å². The van der Waals surface area contributed by atoms with Gasteiger partial charge in [0.25, 0.3) is 5.69 Å². The van der Waals surface area contributed by atoms with Gasteiger partial charge in [0.05, 0.1) is 10.5 Å². The van der Waals surface area contributed by atoms with Crippen molar-refractivity contribution in [2.24, 2.45) is 0 Å². The Morgan fingerprint density at radius 2 is 1.80 bits per heavy atom. The van der Waals surface area contributed by atoms with E-state index in [1.165, 1.54) is 0 Å². The fourth-order valence-electron chi connectivity index (χ4n) is 1.76. The fourth-order valence-corrected chi connectivity index (χ4v) is 1.76. The summed E-state index contributed by atoms with van der Waals surface area (Å²) in [5, 5.41) is 19.7. The number of carbonyl (C=O) groups is 1. The van der Waals surface area contributed by atoms with Crippen molar-refractivity contribution >= 4 is 11.7 Å². The second-order valence-corrected chi connectivity index (χ2v) is 3.92. The third kappa shape index (κ3) is 2.46. The third-order valence-electron chi connectivity index (χ3n) is 2.66. The fraction of sp³-hybridized carbons (Fsp3) is 0. The van der Waals surface area contributed by atoms with E-state index in [1.807, 2.05) is 0 Å². The zero-order chi connectivity index (χ0) is 14.9. The zero-order valence-electron chi connectivity index (χ0n) is 9.84. The molecule has 102 valence electrons. The number of nitro groups is 1. The molecule has 0 radical (unpaired) electrons. The first-order valence-corrected chi connectivity index (χ1v) is 5.37. The van der Waals surface area contributed by atoms with Crippen molar-refractivity contribution in [2.45, 2.75) is 0 Å². The Morgan fingerprint density at radius 3 is 2.40 bits per heavy atom. The monoisotopic (exact) mass is 279 g/mol. The smallest absolute Gasteiger partial charge is 0.336 e. The standard InChI is InChI=1S/C13H7F2NO4/c14-7-1-4-12(15)10(5-7)9-3-2-8(16(19)20)6-11(9)13(17)18/h1-6H,(H,17,18). The Balaban J connectivity index is 2.70. The summed E-state index contributed by atoms with van der Waals surface area (Å²) in [5.41, 5.74) is -1.30. The van der Waals surface area contributed by atoms with Crippen LogP contribution in [0, 0.1) is 21.7 Å². The minimum atomic E-state index is -1.47. The molecule has 7 heteroatoms. The molecule has 0 fully saturated rings. The summed E-state index contributed by atoms with van der Waals surface area (Å²) in [4.78, 5) is 21.0. The van der Waals surface area contributed by atoms with Crippen LogP contribution in [0.3, 0.4) is 0 Å². The number of rotatable bonds is 3. The van der Waals surface area contributed by atoms with Crippen molar-refractivity contribution in [1.29, 1.82) is 0 Å². The van der Waals surface area contributed by atoms with Crippen LogP contribution in [-0.2, 0) is 0 Å². The van der Waals surface area contributed by atoms with Gasteiger partial charge in [0.15, 0.2) is 0 Å². The third-order valence-corrected chi connectivity index (χ3v) is 2.66. The summed E-state index contributed by atoms with van der Waals surface area (Å²) in [7, 11) is 0. The Morgan fingerprint density at radius 1 is 1.10 bits per heavy atom. The molecule has 2 aromatic rings. The SMILES string of the molecule is O=C(O)c1cc([N+](=O)[O-])ccc1-c1cc(F)ccc1F. The van der Waals surface area contributed by atoms with Crippen molar-refractivity contribution in [3.8, 4) is 11.1 Å². The van der Waals surface area contributed by atoms with Gasteiger partial charge in [0, 0.05) is 17.7 Å². The summed E-state index contributed by atoms with van der Waals surface area (Å²) >= 11 is 0. The summed E-state index contributed by atoms with van der Waals surface area (Å²) < 4.78 is 26.8. The molecule has 0 bridgehead atoms. The Hall–Kier alpha value is -2.83. The highest BCUT2D eigenvalue weighted by molar-refractivity contribution is 5.96. The predicted molar refractivity (Wildman–Crippen MR) is 65.4 cm³/mol. The topological polar surface area (TPSA) is 80.4 Å². The first kappa shape index (κ1) is 13.6. The van der Waals surface area contributed by atoms with E-state index in [9.17, 15) is 23.7 Å². The first-order chi connectivity index (χ1) is 9.40. The van der Waals surface area contributed by atoms with E-state index in [0.29, 0.717) is 0 Å². The van der Waals surface area contributed by atoms with Crippen LogP contribution < -0.4 is 0 Å². The molecule has 0 aliphatic carbocycles. The minimum Gasteiger partial charge on any atom is -0.478 e. The molecule has 0 unspecified atom stereocenters. The molecule has 20 heavy (non-hydrogen) atoms. The van der Waals surface area contributed by atoms with E-state index in [2.05, 4.69) is 0 Å². The largest absolute Gasteiger partial charge is 0.478 e. The second kappa shape index (κ2) is 5.04. The van der Waals surface area contributed by atoms with E-state index in [1.54, 1.807) is 0 Å². The van der Waals surface area contributed by atoms with Gasteiger partial charge in [0.1, 0.15) is 11.6 Å². The highest BCUT2D eigenvalue weighted by atomic mass is 19.1. The normalized spacial score (nSPS) is 10.3. The summed E-state index contributed by atoms with van der Waals surface area (Å²) in [6.07, 6.45) is 0. The van der Waals surface area contributed by atoms with Crippen molar-refractivity contribution < 1.29 is 23.6 Å². The molecule has 0 atom stereocenters. The average Bonchev–Trinajstić information content (AvgIpc) is 2.40. The molecule has 0 saturated carbocycles. The second-order valence-electron chi connectivity index (χ2n) is 3.92. The predicted octanol–water partition coefficient (Wildman–Crippen LogP) is 3.24. The Labute approximate surface area is 111 Å². The lowest BCUT2D eigenvalue weighted by molar-refractivity contribution is -0.384. The number of carboxylic acids is 1. The molecule has 1 N–H and O–H groups in total. The van der Waals surface area contributed by atoms with Gasteiger partial charge in [-0.3, -0.25) is 10.1 Å². The summed E-state index contributed by atoms with van der Waals surface area (Å²) in [6, 6.07) is 5.51. The van der Waals surface area contributed by atoms with E-state index in [4.69, 9.17) is 5.11 Å². The van der Waals surface area contributed by atoms with Gasteiger partial charge < -0.3 is 5.11 Å². The molecular weight excluding hydrogens is 272 g/mol. The number of halogens is 2. The van der Waals surface area contributed by atoms with Crippen LogP contribution >= 0.6 is 0 Å². The van der Waals surface area contributed by atoms with Crippen LogP contribution in [-0.4, -0.2) is 16.0 Å². The lowest BCUT2D eigenvalue weighted by Gasteiger charge is -2.07. The molecule has 0 aliphatic heterocycles. The van der Waals surface area contributed by atoms with Crippen molar-refractivity contribution in [2.75, 3.05) is 0 Å². The molecule has 0 aromatic heterocycles. The number of hydrogen-bond donors (Lipinski definition) is 1. The summed E-state index contributed by atoms with van der Waals surface area (Å²) in [6.45, 7) is 0. The first-order valence-electron chi connectivity index (χ1n) is 5.37. The number of hydrogen-bond acceptors (Lipinski definition) is 3. The van der Waals surface area contributed by atoms with Crippen molar-refractivity contribution in [1.82, 2.24) is 0 Å². The van der Waals surface area contributed by atoms with Gasteiger partial charge in [-0.25, -0.2) is 13.6 Å². The molecule has 2 rings (SSSR count). The number of benzene rings is 2. The van der Waals surface area contributed by atoms with E-state index in [-0.39, 0.29) is 11.1 Å². The van der Waals surface area contributed by atoms with E-state index in [0.717, 1.165) is 36.4 Å². The van der Waals surface area contributed by atoms with Gasteiger partial charge in [-0.05, 0) is 29.8 Å². The molecule has 0 heterocycles. The van der Waals surface area contributed by atoms with Crippen LogP contribution in [0.4, 0.5) is 14.5 Å². The number of aromatic carboxylic acids is 1. The Kier molecular flexibility index (Phi) is 3.43. The van der Waals surface area contributed by atoms with Crippen LogP contribution in [0.25, 0.3) is 11.1 Å². The molecule has 0 spiro atoms. The van der Waals surface area contributed by atoms with E-state index < -0.39 is 33.8 Å². The summed E-state index contributed by atoms with van der Waals surface area (Å²) in [5.74, 6) is -3.02. The van der Waals surface area contributed by atoms with Gasteiger partial charge >= 0.3 is 5.97 Å². The lowest BCUT2D eigenvalue weighted by atomic mass is 9.98. The van der Waals surface area contributed by atoms with Crippen LogP contribution in [0.1, 0.15) is 10.4 Å². The molecule has 0 aliphatic rings. The van der Waals surface area contributed by atoms with Crippen LogP contribution in [0.5, 0.6) is 0 Å². The van der Waals surface area contributed by atoms with Crippen molar-refractivity contribution in [3.63, 3.8) is 0 Å². The number of non-ortho nitro benzene ring substituents is 1.